The molecule has 1 rings (SSSR count). The van der Waals surface area contributed by atoms with Gasteiger partial charge in [-0.25, -0.2) is 0 Å². The highest BCUT2D eigenvalue weighted by molar-refractivity contribution is 8.46. The lowest BCUT2D eigenvalue weighted by Gasteiger charge is -2.49. The Labute approximate surface area is 73.2 Å². The third kappa shape index (κ3) is 2.98. The minimum Gasteiger partial charge on any atom is -0.328 e. The quantitative estimate of drug-likeness (QED) is 0.678. The van der Waals surface area contributed by atoms with E-state index in [-0.39, 0.29) is 18.9 Å². The smallest absolute Gasteiger partial charge is 0.288 e. The number of nitrogens with two attached hydrogens (primary N) is 1. The summed E-state index contributed by atoms with van der Waals surface area (Å²) in [5.74, 6) is 0. The zero-order valence-electron chi connectivity index (χ0n) is 6.86. The first-order chi connectivity index (χ1) is 5.49. The monoisotopic (exact) mass is 225 g/mol. The fourth-order valence-electron chi connectivity index (χ4n) is 1.53. The lowest BCUT2D eigenvalue weighted by Crippen LogP contribution is -2.34. The third-order valence-corrected chi connectivity index (χ3v) is 4.08. The Kier molecular flexibility index (Phi) is 1.96. The van der Waals surface area contributed by atoms with Crippen molar-refractivity contribution >= 4 is 10.2 Å². The average Bonchev–Trinajstić information content (AvgIpc) is 1.82. The Morgan fingerprint density at radius 3 is 1.54 bits per heavy atom. The van der Waals surface area contributed by atoms with Gasteiger partial charge in [0.25, 0.3) is 10.2 Å². The van der Waals surface area contributed by atoms with Crippen molar-refractivity contribution in [1.82, 2.24) is 0 Å². The summed E-state index contributed by atoms with van der Waals surface area (Å²) in [4.78, 5) is 0. The first kappa shape index (κ1) is 11.0. The molecule has 0 amide bonds. The van der Waals surface area contributed by atoms with E-state index < -0.39 is 28.3 Å². The van der Waals surface area contributed by atoms with E-state index in [4.69, 9.17) is 5.73 Å². The molecular formula is C6H12F5NS. The second-order valence-electron chi connectivity index (χ2n) is 3.57. The van der Waals surface area contributed by atoms with Gasteiger partial charge in [0, 0.05) is 6.04 Å². The summed E-state index contributed by atoms with van der Waals surface area (Å²) >= 11 is 0. The van der Waals surface area contributed by atoms with E-state index in [1.54, 1.807) is 0 Å². The molecule has 0 saturated heterocycles. The third-order valence-electron chi connectivity index (χ3n) is 2.35. The lowest BCUT2D eigenvalue weighted by atomic mass is 9.96. The van der Waals surface area contributed by atoms with E-state index in [0.717, 1.165) is 0 Å². The Hall–Kier alpha value is -0.0400. The molecule has 0 heterocycles. The molecule has 7 heteroatoms. The Balaban J connectivity index is 2.76. The normalized spacial score (nSPS) is 36.5. The van der Waals surface area contributed by atoms with E-state index in [2.05, 4.69) is 0 Å². The van der Waals surface area contributed by atoms with E-state index in [1.807, 2.05) is 0 Å². The van der Waals surface area contributed by atoms with Crippen LogP contribution in [0.3, 0.4) is 0 Å². The Morgan fingerprint density at radius 2 is 1.23 bits per heavy atom. The molecule has 1 aliphatic carbocycles. The molecule has 0 unspecified atom stereocenters. The largest absolute Gasteiger partial charge is 0.328 e. The van der Waals surface area contributed by atoms with Gasteiger partial charge < -0.3 is 5.73 Å². The second-order valence-corrected chi connectivity index (χ2v) is 6.29. The molecule has 0 radical (unpaired) electrons. The van der Waals surface area contributed by atoms with Crippen LogP contribution in [0.5, 0.6) is 0 Å². The van der Waals surface area contributed by atoms with Crippen molar-refractivity contribution in [3.05, 3.63) is 0 Å². The van der Waals surface area contributed by atoms with Gasteiger partial charge in [-0.15, -0.1) is 0 Å². The fourth-order valence-corrected chi connectivity index (χ4v) is 2.70. The standard InChI is InChI=1S/C6H12F5NS/c7-13(8,9,10,11)6-3-1-5(12)2-4-6/h5-6H,1-4,12H2/t5-,6+. The van der Waals surface area contributed by atoms with Crippen LogP contribution in [0.1, 0.15) is 25.7 Å². The summed E-state index contributed by atoms with van der Waals surface area (Å²) in [7, 11) is -9.24. The van der Waals surface area contributed by atoms with Gasteiger partial charge in [0.05, 0.1) is 5.25 Å². The maximum Gasteiger partial charge on any atom is 0.288 e. The lowest BCUT2D eigenvalue weighted by molar-refractivity contribution is 0.307. The molecule has 0 aromatic carbocycles. The molecule has 1 aliphatic rings. The van der Waals surface area contributed by atoms with Gasteiger partial charge in [0.15, 0.2) is 0 Å². The molecule has 2 N–H and O–H groups in total. The highest BCUT2D eigenvalue weighted by atomic mass is 32.5. The topological polar surface area (TPSA) is 26.0 Å². The fraction of sp³-hybridized carbons (Fsp3) is 1.00. The predicted molar refractivity (Wildman–Crippen MR) is 43.4 cm³/mol. The van der Waals surface area contributed by atoms with E-state index in [0.29, 0.717) is 0 Å². The molecule has 0 aromatic heterocycles. The average molecular weight is 225 g/mol. The van der Waals surface area contributed by atoms with E-state index in [1.165, 1.54) is 0 Å². The summed E-state index contributed by atoms with van der Waals surface area (Å²) in [6.07, 6.45) is -0.981. The second kappa shape index (κ2) is 2.31. The molecule has 82 valence electrons. The van der Waals surface area contributed by atoms with Crippen molar-refractivity contribution in [3.63, 3.8) is 0 Å². The van der Waals surface area contributed by atoms with E-state index in [9.17, 15) is 19.4 Å². The highest BCUT2D eigenvalue weighted by Gasteiger charge is 2.69. The van der Waals surface area contributed by atoms with Gasteiger partial charge in [0.2, 0.25) is 0 Å². The van der Waals surface area contributed by atoms with Crippen molar-refractivity contribution in [3.8, 4) is 0 Å². The molecular weight excluding hydrogens is 213 g/mol. The minimum absolute atomic E-state index is 0.0380. The molecule has 0 spiro atoms. The van der Waals surface area contributed by atoms with Crippen LogP contribution in [0.4, 0.5) is 19.4 Å². The predicted octanol–water partition coefficient (Wildman–Crippen LogP) is 3.55. The molecule has 0 aliphatic heterocycles. The van der Waals surface area contributed by atoms with E-state index >= 15 is 0 Å². The van der Waals surface area contributed by atoms with Crippen LogP contribution >= 0.6 is 10.2 Å². The first-order valence-corrected chi connectivity index (χ1v) is 5.99. The molecule has 0 aromatic rings. The van der Waals surface area contributed by atoms with Gasteiger partial charge in [-0.1, -0.05) is 19.4 Å². The molecule has 0 bridgehead atoms. The number of hydrogen-bond donors (Lipinski definition) is 1. The van der Waals surface area contributed by atoms with Crippen molar-refractivity contribution in [2.45, 2.75) is 37.0 Å². The van der Waals surface area contributed by atoms with Gasteiger partial charge in [0.1, 0.15) is 0 Å². The van der Waals surface area contributed by atoms with Gasteiger partial charge in [-0.2, -0.15) is 0 Å². The highest BCUT2D eigenvalue weighted by Crippen LogP contribution is 3.01. The SMILES string of the molecule is N[C@H]1CC[C@@H](S(F)(F)(F)(F)F)CC1. The van der Waals surface area contributed by atoms with Crippen LogP contribution in [0.25, 0.3) is 0 Å². The maximum atomic E-state index is 12.2. The Bertz CT molecular complexity index is 200. The summed E-state index contributed by atoms with van der Waals surface area (Å²) in [6.45, 7) is 0. The van der Waals surface area contributed by atoms with Crippen LogP contribution < -0.4 is 5.73 Å². The summed E-state index contributed by atoms with van der Waals surface area (Å²) in [5, 5.41) is -2.42. The number of hydrogen-bond acceptors (Lipinski definition) is 1. The van der Waals surface area contributed by atoms with Crippen LogP contribution in [-0.4, -0.2) is 11.3 Å². The zero-order valence-corrected chi connectivity index (χ0v) is 7.68. The van der Waals surface area contributed by atoms with Crippen molar-refractivity contribution in [1.29, 1.82) is 0 Å². The van der Waals surface area contributed by atoms with Crippen LogP contribution in [-0.2, 0) is 0 Å². The van der Waals surface area contributed by atoms with Crippen molar-refractivity contribution in [2.24, 2.45) is 5.73 Å². The Morgan fingerprint density at radius 1 is 0.846 bits per heavy atom. The molecule has 0 atom stereocenters. The number of halogens is 5. The minimum atomic E-state index is -9.24. The van der Waals surface area contributed by atoms with Gasteiger partial charge >= 0.3 is 0 Å². The van der Waals surface area contributed by atoms with Crippen molar-refractivity contribution in [2.75, 3.05) is 0 Å². The van der Waals surface area contributed by atoms with Gasteiger partial charge in [-0.3, -0.25) is 0 Å². The van der Waals surface area contributed by atoms with Crippen LogP contribution in [0.2, 0.25) is 0 Å². The molecule has 13 heavy (non-hydrogen) atoms. The molecule has 1 nitrogen and oxygen atoms in total. The molecule has 1 fully saturated rings. The first-order valence-electron chi connectivity index (χ1n) is 3.97. The van der Waals surface area contributed by atoms with Crippen molar-refractivity contribution < 1.29 is 19.4 Å². The summed E-state index contributed by atoms with van der Waals surface area (Å²) in [5.41, 5.74) is 5.33. The summed E-state index contributed by atoms with van der Waals surface area (Å²) < 4.78 is 60.9. The van der Waals surface area contributed by atoms with Crippen LogP contribution in [0, 0.1) is 0 Å². The van der Waals surface area contributed by atoms with Gasteiger partial charge in [-0.05, 0) is 25.7 Å². The molecule has 1 saturated carbocycles. The maximum absolute atomic E-state index is 12.2. The van der Waals surface area contributed by atoms with Crippen LogP contribution in [0.15, 0.2) is 0 Å². The number of rotatable bonds is 1. The zero-order chi connectivity index (χ0) is 10.4. The summed E-state index contributed by atoms with van der Waals surface area (Å²) in [6, 6.07) is -0.351.